The molecule has 2 aromatic rings. The second-order valence-corrected chi connectivity index (χ2v) is 9.68. The number of carbonyl (C=O) groups is 1. The Kier molecular flexibility index (Phi) is 5.59. The van der Waals surface area contributed by atoms with Crippen LogP contribution in [0.15, 0.2) is 72.2 Å². The Morgan fingerprint density at radius 2 is 1.52 bits per heavy atom. The third-order valence-electron chi connectivity index (χ3n) is 5.60. The Bertz CT molecular complexity index is 758. The van der Waals surface area contributed by atoms with Crippen LogP contribution in [0.4, 0.5) is 4.79 Å². The quantitative estimate of drug-likeness (QED) is 0.574. The highest BCUT2D eigenvalue weighted by atomic mass is 31.1. The largest absolute Gasteiger partial charge is 0.452 e. The predicted molar refractivity (Wildman–Crippen MR) is 111 cm³/mol. The fraction of sp³-hybridized carbons (Fsp3) is 0.348. The maximum Gasteiger partial charge on any atom is 0.414 e. The molecule has 1 amide bonds. The van der Waals surface area contributed by atoms with E-state index in [1.807, 2.05) is 4.90 Å². The normalized spacial score (nSPS) is 23.1. The van der Waals surface area contributed by atoms with Gasteiger partial charge in [0.2, 0.25) is 0 Å². The molecule has 0 saturated carbocycles. The summed E-state index contributed by atoms with van der Waals surface area (Å²) in [6.45, 7) is 0.764. The first-order chi connectivity index (χ1) is 13.3. The summed E-state index contributed by atoms with van der Waals surface area (Å²) in [5.74, 6) is 0. The zero-order valence-electron chi connectivity index (χ0n) is 15.8. The molecule has 4 rings (SSSR count). The van der Waals surface area contributed by atoms with Crippen LogP contribution in [-0.2, 0) is 4.74 Å². The van der Waals surface area contributed by atoms with Crippen molar-refractivity contribution in [3.05, 3.63) is 83.3 Å². The van der Waals surface area contributed by atoms with E-state index in [-0.39, 0.29) is 6.09 Å². The number of ether oxygens (including phenoxy) is 1. The van der Waals surface area contributed by atoms with Crippen molar-refractivity contribution < 1.29 is 9.53 Å². The van der Waals surface area contributed by atoms with Crippen molar-refractivity contribution in [2.24, 2.45) is 0 Å². The van der Waals surface area contributed by atoms with Gasteiger partial charge in [-0.15, -0.1) is 0 Å². The minimum Gasteiger partial charge on any atom is -0.452 e. The van der Waals surface area contributed by atoms with Crippen LogP contribution >= 0.6 is 7.92 Å². The van der Waals surface area contributed by atoms with E-state index in [1.54, 1.807) is 0 Å². The van der Waals surface area contributed by atoms with E-state index in [1.165, 1.54) is 36.5 Å². The van der Waals surface area contributed by atoms with Gasteiger partial charge >= 0.3 is 6.09 Å². The molecule has 0 radical (unpaired) electrons. The van der Waals surface area contributed by atoms with E-state index < -0.39 is 7.92 Å². The number of hydrogen-bond acceptors (Lipinski definition) is 2. The Balaban J connectivity index is 1.76. The molecule has 0 spiro atoms. The Labute approximate surface area is 162 Å². The van der Waals surface area contributed by atoms with Gasteiger partial charge in [-0.05, 0) is 44.7 Å². The van der Waals surface area contributed by atoms with Crippen molar-refractivity contribution in [2.75, 3.05) is 13.7 Å². The van der Waals surface area contributed by atoms with Crippen LogP contribution in [0, 0.1) is 0 Å². The Morgan fingerprint density at radius 1 is 0.963 bits per heavy atom. The van der Waals surface area contributed by atoms with E-state index in [0.29, 0.717) is 11.3 Å². The summed E-state index contributed by atoms with van der Waals surface area (Å²) in [5.41, 5.74) is 5.01. The van der Waals surface area contributed by atoms with Gasteiger partial charge in [0.1, 0.15) is 0 Å². The highest BCUT2D eigenvalue weighted by Gasteiger charge is 2.42. The molecule has 0 bridgehead atoms. The minimum atomic E-state index is -0.534. The molecule has 2 atom stereocenters. The molecule has 0 aliphatic carbocycles. The van der Waals surface area contributed by atoms with Crippen molar-refractivity contribution in [3.63, 3.8) is 0 Å². The fourth-order valence-electron chi connectivity index (χ4n) is 4.38. The Morgan fingerprint density at radius 3 is 2.04 bits per heavy atom. The first kappa shape index (κ1) is 18.3. The average Bonchev–Trinajstić information content (AvgIpc) is 3.19. The number of benzene rings is 2. The van der Waals surface area contributed by atoms with Gasteiger partial charge < -0.3 is 4.74 Å². The van der Waals surface area contributed by atoms with Crippen molar-refractivity contribution in [2.45, 2.75) is 37.0 Å². The molecule has 27 heavy (non-hydrogen) atoms. The van der Waals surface area contributed by atoms with Crippen LogP contribution in [0.3, 0.4) is 0 Å². The second-order valence-electron chi connectivity index (χ2n) is 7.16. The van der Waals surface area contributed by atoms with E-state index in [2.05, 4.69) is 66.7 Å². The summed E-state index contributed by atoms with van der Waals surface area (Å²) in [7, 11) is 0.952. The van der Waals surface area contributed by atoms with Gasteiger partial charge in [0, 0.05) is 23.3 Å². The molecule has 0 N–H and O–H groups in total. The molecule has 4 heteroatoms. The summed E-state index contributed by atoms with van der Waals surface area (Å²) in [6, 6.07) is 21.7. The van der Waals surface area contributed by atoms with Crippen molar-refractivity contribution in [3.8, 4) is 0 Å². The van der Waals surface area contributed by atoms with E-state index in [4.69, 9.17) is 4.74 Å². The number of amides is 1. The minimum absolute atomic E-state index is 0.214. The van der Waals surface area contributed by atoms with Crippen molar-refractivity contribution in [1.82, 2.24) is 4.90 Å². The smallest absolute Gasteiger partial charge is 0.414 e. The number of rotatable bonds is 3. The number of methoxy groups -OCH3 is 1. The van der Waals surface area contributed by atoms with Crippen LogP contribution in [0.1, 0.15) is 48.1 Å². The van der Waals surface area contributed by atoms with Crippen molar-refractivity contribution >= 4 is 14.0 Å². The maximum absolute atomic E-state index is 12.5. The summed E-state index contributed by atoms with van der Waals surface area (Å²) in [5, 5.41) is 0. The second kappa shape index (κ2) is 8.27. The molecule has 2 aliphatic rings. The number of hydrogen-bond donors (Lipinski definition) is 0. The first-order valence-electron chi connectivity index (χ1n) is 9.73. The molecular formula is C23H26NO2P. The lowest BCUT2D eigenvalue weighted by molar-refractivity contribution is 0.136. The summed E-state index contributed by atoms with van der Waals surface area (Å²) in [4.78, 5) is 14.4. The topological polar surface area (TPSA) is 29.5 Å². The molecular weight excluding hydrogens is 353 g/mol. The first-order valence-corrected chi connectivity index (χ1v) is 11.2. The summed E-state index contributed by atoms with van der Waals surface area (Å²) in [6.07, 6.45) is 6.49. The van der Waals surface area contributed by atoms with Crippen LogP contribution in [-0.4, -0.2) is 24.6 Å². The number of nitrogens with zero attached hydrogens (tertiary/aromatic N) is 1. The van der Waals surface area contributed by atoms with Crippen molar-refractivity contribution in [1.29, 1.82) is 0 Å². The molecule has 0 aromatic heterocycles. The molecule has 0 unspecified atom stereocenters. The lowest BCUT2D eigenvalue weighted by Crippen LogP contribution is -2.33. The van der Waals surface area contributed by atoms with Gasteiger partial charge in [0.15, 0.2) is 0 Å². The molecule has 1 fully saturated rings. The Hall–Kier alpha value is -2.12. The third-order valence-corrected chi connectivity index (χ3v) is 9.01. The van der Waals surface area contributed by atoms with Crippen LogP contribution < -0.4 is 0 Å². The molecule has 140 valence electrons. The predicted octanol–water partition coefficient (Wildman–Crippen LogP) is 6.45. The number of allylic oxidation sites excluding steroid dienone is 1. The van der Waals surface area contributed by atoms with Gasteiger partial charge in [0.05, 0.1) is 7.11 Å². The van der Waals surface area contributed by atoms with Crippen LogP contribution in [0.5, 0.6) is 0 Å². The van der Waals surface area contributed by atoms with Gasteiger partial charge in [-0.2, -0.15) is 0 Å². The lowest BCUT2D eigenvalue weighted by atomic mass is 10.0. The standard InChI is InChI=1S/C23H26NO2P/c1-26-23(25)24-17-9-8-14-22(24)27-20(18-10-4-2-5-11-18)15-16-21(27)19-12-6-3-7-13-19/h2-7,10-14,20-21H,8-9,15-17H2,1H3/t20-,21-/m0/s1. The summed E-state index contributed by atoms with van der Waals surface area (Å²) >= 11 is 0. The third kappa shape index (κ3) is 3.66. The van der Waals surface area contributed by atoms with Gasteiger partial charge in [-0.25, -0.2) is 4.79 Å². The van der Waals surface area contributed by atoms with E-state index >= 15 is 0 Å². The molecule has 2 aromatic carbocycles. The molecule has 2 heterocycles. The van der Waals surface area contributed by atoms with Crippen LogP contribution in [0.25, 0.3) is 0 Å². The highest BCUT2D eigenvalue weighted by molar-refractivity contribution is 7.63. The zero-order chi connectivity index (χ0) is 18.6. The van der Waals surface area contributed by atoms with Crippen LogP contribution in [0.2, 0.25) is 0 Å². The summed E-state index contributed by atoms with van der Waals surface area (Å²) < 4.78 is 5.12. The zero-order valence-corrected chi connectivity index (χ0v) is 16.6. The number of carbonyl (C=O) groups excluding carboxylic acids is 1. The molecule has 1 saturated heterocycles. The lowest BCUT2D eigenvalue weighted by Gasteiger charge is -2.37. The van der Waals surface area contributed by atoms with Gasteiger partial charge in [0.25, 0.3) is 0 Å². The fourth-order valence-corrected chi connectivity index (χ4v) is 8.10. The molecule has 3 nitrogen and oxygen atoms in total. The van der Waals surface area contributed by atoms with Gasteiger partial charge in [-0.1, -0.05) is 66.7 Å². The highest BCUT2D eigenvalue weighted by Crippen LogP contribution is 2.75. The molecule has 2 aliphatic heterocycles. The average molecular weight is 379 g/mol. The van der Waals surface area contributed by atoms with E-state index in [0.717, 1.165) is 19.4 Å². The monoisotopic (exact) mass is 379 g/mol. The van der Waals surface area contributed by atoms with Gasteiger partial charge in [-0.3, -0.25) is 4.90 Å². The van der Waals surface area contributed by atoms with E-state index in [9.17, 15) is 4.79 Å². The maximum atomic E-state index is 12.5. The SMILES string of the molecule is COC(=O)N1CCCC=C1P1[C@H](c2ccccc2)CC[C@H]1c1ccccc1.